The molecule has 110 valence electrons. The Morgan fingerprint density at radius 1 is 1.19 bits per heavy atom. The molecule has 2 aromatic carbocycles. The van der Waals surface area contributed by atoms with E-state index in [4.69, 9.17) is 16.7 Å². The second-order valence-electron chi connectivity index (χ2n) is 4.42. The number of rotatable bonds is 4. The molecule has 0 saturated carbocycles. The van der Waals surface area contributed by atoms with Crippen molar-refractivity contribution in [1.82, 2.24) is 0 Å². The van der Waals surface area contributed by atoms with Gasteiger partial charge in [0, 0.05) is 0 Å². The Morgan fingerprint density at radius 2 is 1.90 bits per heavy atom. The lowest BCUT2D eigenvalue weighted by molar-refractivity contribution is 0.0696. The molecule has 0 radical (unpaired) electrons. The molecule has 0 fully saturated rings. The number of anilines is 1. The summed E-state index contributed by atoms with van der Waals surface area (Å²) in [5, 5.41) is 9.17. The number of halogens is 1. The van der Waals surface area contributed by atoms with E-state index in [0.717, 1.165) is 11.6 Å². The molecule has 0 atom stereocenters. The maximum absolute atomic E-state index is 12.3. The Balaban J connectivity index is 2.41. The first-order valence-corrected chi connectivity index (χ1v) is 7.78. The number of carboxylic acid groups (broad SMARTS) is 1. The highest BCUT2D eigenvalue weighted by Crippen LogP contribution is 2.25. The van der Waals surface area contributed by atoms with Crippen molar-refractivity contribution in [2.24, 2.45) is 0 Å². The van der Waals surface area contributed by atoms with Crippen LogP contribution in [0.5, 0.6) is 0 Å². The van der Waals surface area contributed by atoms with Crippen molar-refractivity contribution in [1.29, 1.82) is 0 Å². The lowest BCUT2D eigenvalue weighted by Crippen LogP contribution is -2.14. The van der Waals surface area contributed by atoms with Gasteiger partial charge in [-0.3, -0.25) is 4.72 Å². The summed E-state index contributed by atoms with van der Waals surface area (Å²) in [6.45, 7) is 1.80. The topological polar surface area (TPSA) is 83.5 Å². The Kier molecular flexibility index (Phi) is 4.20. The molecule has 5 nitrogen and oxygen atoms in total. The summed E-state index contributed by atoms with van der Waals surface area (Å²) >= 11 is 5.95. The van der Waals surface area contributed by atoms with Crippen LogP contribution in [0.2, 0.25) is 5.02 Å². The van der Waals surface area contributed by atoms with Crippen molar-refractivity contribution < 1.29 is 18.3 Å². The minimum absolute atomic E-state index is 0.104. The molecule has 0 spiro atoms. The maximum Gasteiger partial charge on any atom is 0.335 e. The number of carboxylic acids is 1. The highest BCUT2D eigenvalue weighted by Gasteiger charge is 2.17. The molecule has 0 aromatic heterocycles. The van der Waals surface area contributed by atoms with Gasteiger partial charge in [0.05, 0.1) is 21.2 Å². The largest absolute Gasteiger partial charge is 0.478 e. The van der Waals surface area contributed by atoms with E-state index in [2.05, 4.69) is 4.72 Å². The molecule has 7 heteroatoms. The summed E-state index contributed by atoms with van der Waals surface area (Å²) in [5.41, 5.74) is 0.988. The van der Waals surface area contributed by atoms with Crippen LogP contribution in [0.3, 0.4) is 0 Å². The quantitative estimate of drug-likeness (QED) is 0.904. The fraction of sp³-hybridized carbons (Fsp3) is 0.0714. The molecule has 0 saturated heterocycles. The zero-order valence-corrected chi connectivity index (χ0v) is 12.6. The third-order valence-corrected chi connectivity index (χ3v) is 4.45. The summed E-state index contributed by atoms with van der Waals surface area (Å²) < 4.78 is 26.9. The van der Waals surface area contributed by atoms with E-state index >= 15 is 0 Å². The number of carbonyl (C=O) groups is 1. The van der Waals surface area contributed by atoms with Gasteiger partial charge in [0.2, 0.25) is 0 Å². The minimum Gasteiger partial charge on any atom is -0.478 e. The number of benzene rings is 2. The third kappa shape index (κ3) is 3.53. The number of aromatic carboxylic acids is 1. The highest BCUT2D eigenvalue weighted by atomic mass is 35.5. The Morgan fingerprint density at radius 3 is 2.57 bits per heavy atom. The molecule has 2 aromatic rings. The van der Waals surface area contributed by atoms with E-state index < -0.39 is 16.0 Å². The van der Waals surface area contributed by atoms with Crippen LogP contribution >= 0.6 is 11.6 Å². The molecule has 0 bridgehead atoms. The van der Waals surface area contributed by atoms with Crippen LogP contribution in [0.4, 0.5) is 5.69 Å². The van der Waals surface area contributed by atoms with E-state index in [-0.39, 0.29) is 21.2 Å². The Bertz CT molecular complexity index is 802. The summed E-state index contributed by atoms with van der Waals surface area (Å²) in [7, 11) is -3.91. The van der Waals surface area contributed by atoms with Crippen LogP contribution in [-0.2, 0) is 10.0 Å². The van der Waals surface area contributed by atoms with Crippen LogP contribution in [0.25, 0.3) is 0 Å². The molecule has 0 amide bonds. The third-order valence-electron chi connectivity index (χ3n) is 2.76. The molecule has 0 aliphatic rings. The zero-order chi connectivity index (χ0) is 15.6. The molecule has 0 aliphatic heterocycles. The lowest BCUT2D eigenvalue weighted by Gasteiger charge is -2.10. The average Bonchev–Trinajstić information content (AvgIpc) is 2.43. The van der Waals surface area contributed by atoms with Crippen LogP contribution in [0.1, 0.15) is 15.9 Å². The van der Waals surface area contributed by atoms with Gasteiger partial charge in [0.25, 0.3) is 10.0 Å². The summed E-state index contributed by atoms with van der Waals surface area (Å²) in [6, 6.07) is 10.0. The molecular formula is C14H12ClNO4S. The predicted octanol–water partition coefficient (Wildman–Crippen LogP) is 3.15. The van der Waals surface area contributed by atoms with Crippen LogP contribution in [0.15, 0.2) is 47.4 Å². The molecule has 0 aliphatic carbocycles. The number of sulfonamides is 1. The smallest absolute Gasteiger partial charge is 0.335 e. The van der Waals surface area contributed by atoms with E-state index in [1.54, 1.807) is 25.1 Å². The summed E-state index contributed by atoms with van der Waals surface area (Å²) in [5.74, 6) is -1.19. The van der Waals surface area contributed by atoms with Gasteiger partial charge < -0.3 is 5.11 Å². The Labute approximate surface area is 127 Å². The highest BCUT2D eigenvalue weighted by molar-refractivity contribution is 7.92. The van der Waals surface area contributed by atoms with Gasteiger partial charge in [0.15, 0.2) is 0 Å². The minimum atomic E-state index is -3.91. The first-order valence-electron chi connectivity index (χ1n) is 5.92. The van der Waals surface area contributed by atoms with Gasteiger partial charge >= 0.3 is 5.97 Å². The van der Waals surface area contributed by atoms with Gasteiger partial charge in [-0.25, -0.2) is 13.2 Å². The van der Waals surface area contributed by atoms with Crippen molar-refractivity contribution in [2.75, 3.05) is 4.72 Å². The monoisotopic (exact) mass is 325 g/mol. The average molecular weight is 326 g/mol. The van der Waals surface area contributed by atoms with Crippen molar-refractivity contribution in [3.63, 3.8) is 0 Å². The molecule has 0 unspecified atom stereocenters. The van der Waals surface area contributed by atoms with E-state index in [9.17, 15) is 13.2 Å². The normalized spacial score (nSPS) is 11.1. The maximum atomic E-state index is 12.3. The van der Waals surface area contributed by atoms with Crippen molar-refractivity contribution >= 4 is 33.3 Å². The fourth-order valence-electron chi connectivity index (χ4n) is 1.72. The first kappa shape index (κ1) is 15.3. The summed E-state index contributed by atoms with van der Waals surface area (Å²) in [6.07, 6.45) is 0. The van der Waals surface area contributed by atoms with Gasteiger partial charge in [-0.05, 0) is 42.8 Å². The number of nitrogens with one attached hydrogen (secondary N) is 1. The molecular weight excluding hydrogens is 314 g/mol. The zero-order valence-electron chi connectivity index (χ0n) is 11.0. The Hall–Kier alpha value is -2.05. The first-order chi connectivity index (χ1) is 9.79. The van der Waals surface area contributed by atoms with Crippen molar-refractivity contribution in [3.8, 4) is 0 Å². The van der Waals surface area contributed by atoms with Crippen molar-refractivity contribution in [3.05, 3.63) is 58.6 Å². The summed E-state index contributed by atoms with van der Waals surface area (Å²) in [4.78, 5) is 10.8. The molecule has 0 heterocycles. The van der Waals surface area contributed by atoms with Crippen molar-refractivity contribution in [2.45, 2.75) is 11.8 Å². The number of aryl methyl sites for hydroxylation is 1. The van der Waals surface area contributed by atoms with Gasteiger partial charge in [0.1, 0.15) is 0 Å². The second kappa shape index (κ2) is 5.75. The van der Waals surface area contributed by atoms with Crippen LogP contribution < -0.4 is 4.72 Å². The van der Waals surface area contributed by atoms with E-state index in [0.29, 0.717) is 0 Å². The van der Waals surface area contributed by atoms with Crippen LogP contribution in [-0.4, -0.2) is 19.5 Å². The SMILES string of the molecule is Cc1ccc(Cl)c(NS(=O)(=O)c2cccc(C(=O)O)c2)c1. The predicted molar refractivity (Wildman–Crippen MR) is 80.4 cm³/mol. The molecule has 2 rings (SSSR count). The number of hydrogen-bond donors (Lipinski definition) is 2. The fourth-order valence-corrected chi connectivity index (χ4v) is 3.05. The van der Waals surface area contributed by atoms with E-state index in [1.807, 2.05) is 0 Å². The molecule has 21 heavy (non-hydrogen) atoms. The van der Waals surface area contributed by atoms with Gasteiger partial charge in [-0.1, -0.05) is 23.7 Å². The van der Waals surface area contributed by atoms with E-state index in [1.165, 1.54) is 18.2 Å². The lowest BCUT2D eigenvalue weighted by atomic mass is 10.2. The molecule has 2 N–H and O–H groups in total. The standard InChI is InChI=1S/C14H12ClNO4S/c1-9-5-6-12(15)13(7-9)16-21(19,20)11-4-2-3-10(8-11)14(17)18/h2-8,16H,1H3,(H,17,18). The van der Waals surface area contributed by atoms with Gasteiger partial charge in [-0.15, -0.1) is 0 Å². The number of hydrogen-bond acceptors (Lipinski definition) is 3. The second-order valence-corrected chi connectivity index (χ2v) is 6.51. The van der Waals surface area contributed by atoms with Crippen LogP contribution in [0, 0.1) is 6.92 Å². The van der Waals surface area contributed by atoms with Gasteiger partial charge in [-0.2, -0.15) is 0 Å².